The van der Waals surface area contributed by atoms with E-state index in [0.29, 0.717) is 11.2 Å². The number of fused-ring (bicyclic) bond motifs is 2. The standard InChI is InChI=1S/C21H32N2OS/c1-12(18-8-13-2-3-17(18)7-13)22-20(25)23-19(24)21-9-14-4-15(10-21)6-16(5-14)11-21/h12-18H,2-11H2,1H3,(H2,22,23,24,25)/t12-,13+,14?,15?,16?,17+,18-,21?/m1/s1. The molecule has 0 heterocycles. The zero-order chi connectivity index (χ0) is 17.2. The van der Waals surface area contributed by atoms with Crippen LogP contribution in [0.1, 0.15) is 71.1 Å². The predicted octanol–water partition coefficient (Wildman–Crippen LogP) is 4.02. The summed E-state index contributed by atoms with van der Waals surface area (Å²) in [5, 5.41) is 7.17. The molecule has 0 aromatic rings. The summed E-state index contributed by atoms with van der Waals surface area (Å²) in [6.07, 6.45) is 13.0. The lowest BCUT2D eigenvalue weighted by atomic mass is 9.49. The van der Waals surface area contributed by atoms with Gasteiger partial charge in [-0.25, -0.2) is 0 Å². The molecule has 4 atom stereocenters. The second-order valence-electron chi connectivity index (χ2n) is 10.3. The van der Waals surface area contributed by atoms with Crippen LogP contribution in [0.2, 0.25) is 0 Å². The molecule has 0 spiro atoms. The lowest BCUT2D eigenvalue weighted by Gasteiger charge is -2.55. The van der Waals surface area contributed by atoms with Gasteiger partial charge >= 0.3 is 0 Å². The number of carbonyl (C=O) groups excluding carboxylic acids is 1. The average Bonchev–Trinajstić information content (AvgIpc) is 3.16. The van der Waals surface area contributed by atoms with Crippen molar-refractivity contribution < 1.29 is 4.79 Å². The molecule has 0 aromatic carbocycles. The SMILES string of the molecule is C[C@@H](NC(=S)NC(=O)C12CC3CC(CC(C3)C1)C2)[C@H]1C[C@H]2CC[C@H]1C2. The predicted molar refractivity (Wildman–Crippen MR) is 103 cm³/mol. The minimum atomic E-state index is -0.101. The minimum Gasteiger partial charge on any atom is -0.360 e. The summed E-state index contributed by atoms with van der Waals surface area (Å²) in [4.78, 5) is 13.1. The van der Waals surface area contributed by atoms with Gasteiger partial charge in [-0.1, -0.05) is 6.42 Å². The lowest BCUT2D eigenvalue weighted by molar-refractivity contribution is -0.144. The zero-order valence-electron chi connectivity index (χ0n) is 15.4. The van der Waals surface area contributed by atoms with Crippen molar-refractivity contribution in [1.82, 2.24) is 10.6 Å². The molecule has 25 heavy (non-hydrogen) atoms. The number of rotatable bonds is 3. The number of amides is 1. The third-order valence-electron chi connectivity index (χ3n) is 8.54. The van der Waals surface area contributed by atoms with E-state index in [2.05, 4.69) is 17.6 Å². The average molecular weight is 361 g/mol. The normalized spacial score (nSPS) is 47.7. The van der Waals surface area contributed by atoms with Gasteiger partial charge in [0.15, 0.2) is 5.11 Å². The smallest absolute Gasteiger partial charge is 0.232 e. The van der Waals surface area contributed by atoms with Gasteiger partial charge in [0.2, 0.25) is 5.91 Å². The van der Waals surface area contributed by atoms with Crippen LogP contribution >= 0.6 is 12.2 Å². The summed E-state index contributed by atoms with van der Waals surface area (Å²) >= 11 is 5.54. The first kappa shape index (κ1) is 16.5. The maximum absolute atomic E-state index is 13.1. The van der Waals surface area contributed by atoms with Crippen molar-refractivity contribution in [3.05, 3.63) is 0 Å². The third kappa shape index (κ3) is 2.83. The molecule has 6 fully saturated rings. The highest BCUT2D eigenvalue weighted by Gasteiger charge is 2.54. The van der Waals surface area contributed by atoms with E-state index in [1.165, 1.54) is 44.9 Å². The maximum Gasteiger partial charge on any atom is 0.232 e. The summed E-state index contributed by atoms with van der Waals surface area (Å²) in [6, 6.07) is 0.388. The van der Waals surface area contributed by atoms with Crippen molar-refractivity contribution in [3.63, 3.8) is 0 Å². The van der Waals surface area contributed by atoms with Gasteiger partial charge in [-0.3, -0.25) is 4.79 Å². The first-order valence-electron chi connectivity index (χ1n) is 10.6. The Hall–Kier alpha value is -0.640. The van der Waals surface area contributed by atoms with Gasteiger partial charge in [0, 0.05) is 6.04 Å². The Bertz CT molecular complexity index is 553. The highest BCUT2D eigenvalue weighted by Crippen LogP contribution is 2.60. The van der Waals surface area contributed by atoms with E-state index in [-0.39, 0.29) is 11.3 Å². The quantitative estimate of drug-likeness (QED) is 0.747. The fourth-order valence-electron chi connectivity index (χ4n) is 7.88. The van der Waals surface area contributed by atoms with Crippen molar-refractivity contribution in [3.8, 4) is 0 Å². The van der Waals surface area contributed by atoms with Gasteiger partial charge in [-0.2, -0.15) is 0 Å². The van der Waals surface area contributed by atoms with E-state index in [9.17, 15) is 4.79 Å². The van der Waals surface area contributed by atoms with E-state index >= 15 is 0 Å². The van der Waals surface area contributed by atoms with Crippen molar-refractivity contribution in [2.45, 2.75) is 77.2 Å². The van der Waals surface area contributed by atoms with Crippen LogP contribution in [-0.2, 0) is 4.79 Å². The van der Waals surface area contributed by atoms with Crippen LogP contribution in [0.3, 0.4) is 0 Å². The number of hydrogen-bond donors (Lipinski definition) is 2. The number of nitrogens with one attached hydrogen (secondary N) is 2. The van der Waals surface area contributed by atoms with E-state index in [0.717, 1.165) is 54.8 Å². The Morgan fingerprint density at radius 3 is 2.12 bits per heavy atom. The molecule has 0 unspecified atom stereocenters. The number of carbonyl (C=O) groups is 1. The Kier molecular flexibility index (Phi) is 3.92. The van der Waals surface area contributed by atoms with E-state index in [4.69, 9.17) is 12.2 Å². The van der Waals surface area contributed by atoms with Crippen LogP contribution in [0.25, 0.3) is 0 Å². The molecule has 6 aliphatic carbocycles. The Labute approximate surface area is 157 Å². The van der Waals surface area contributed by atoms with Crippen molar-refractivity contribution in [2.24, 2.45) is 40.9 Å². The largest absolute Gasteiger partial charge is 0.360 e. The lowest BCUT2D eigenvalue weighted by Crippen LogP contribution is -2.56. The highest BCUT2D eigenvalue weighted by molar-refractivity contribution is 7.80. The van der Waals surface area contributed by atoms with Crippen molar-refractivity contribution >= 4 is 23.2 Å². The number of thiocarbonyl (C=S) groups is 1. The fourth-order valence-corrected chi connectivity index (χ4v) is 8.16. The monoisotopic (exact) mass is 360 g/mol. The van der Waals surface area contributed by atoms with Crippen LogP contribution in [0, 0.1) is 40.9 Å². The van der Waals surface area contributed by atoms with E-state index < -0.39 is 0 Å². The topological polar surface area (TPSA) is 41.1 Å². The molecule has 0 saturated heterocycles. The summed E-state index contributed by atoms with van der Waals surface area (Å²) in [5.41, 5.74) is -0.101. The summed E-state index contributed by atoms with van der Waals surface area (Å²) in [6.45, 7) is 2.26. The molecule has 6 rings (SSSR count). The molecule has 0 aliphatic heterocycles. The second kappa shape index (κ2) is 5.94. The molecular formula is C21H32N2OS. The Morgan fingerprint density at radius 2 is 1.60 bits per heavy atom. The van der Waals surface area contributed by atoms with Crippen LogP contribution < -0.4 is 10.6 Å². The Balaban J connectivity index is 1.19. The van der Waals surface area contributed by atoms with Gasteiger partial charge in [0.25, 0.3) is 0 Å². The first-order chi connectivity index (χ1) is 12.0. The molecule has 0 aromatic heterocycles. The van der Waals surface area contributed by atoms with E-state index in [1.807, 2.05) is 0 Å². The second-order valence-corrected chi connectivity index (χ2v) is 10.7. The minimum absolute atomic E-state index is 0.101. The zero-order valence-corrected chi connectivity index (χ0v) is 16.2. The molecule has 6 saturated carbocycles. The summed E-state index contributed by atoms with van der Waals surface area (Å²) in [5.74, 6) is 5.20. The highest BCUT2D eigenvalue weighted by atomic mass is 32.1. The molecule has 3 nitrogen and oxygen atoms in total. The molecule has 4 heteroatoms. The molecule has 6 bridgehead atoms. The van der Waals surface area contributed by atoms with Gasteiger partial charge in [0.1, 0.15) is 0 Å². The van der Waals surface area contributed by atoms with Crippen LogP contribution in [0.4, 0.5) is 0 Å². The molecule has 1 amide bonds. The van der Waals surface area contributed by atoms with Crippen LogP contribution in [-0.4, -0.2) is 17.1 Å². The molecule has 2 N–H and O–H groups in total. The van der Waals surface area contributed by atoms with Crippen LogP contribution in [0.5, 0.6) is 0 Å². The summed E-state index contributed by atoms with van der Waals surface area (Å²) in [7, 11) is 0. The van der Waals surface area contributed by atoms with Gasteiger partial charge in [-0.05, 0) is 112 Å². The summed E-state index contributed by atoms with van der Waals surface area (Å²) < 4.78 is 0. The van der Waals surface area contributed by atoms with Crippen LogP contribution in [0.15, 0.2) is 0 Å². The first-order valence-corrected chi connectivity index (χ1v) is 11.0. The van der Waals surface area contributed by atoms with Gasteiger partial charge in [-0.15, -0.1) is 0 Å². The van der Waals surface area contributed by atoms with Gasteiger partial charge in [0.05, 0.1) is 5.41 Å². The maximum atomic E-state index is 13.1. The van der Waals surface area contributed by atoms with Crippen molar-refractivity contribution in [2.75, 3.05) is 0 Å². The Morgan fingerprint density at radius 1 is 0.960 bits per heavy atom. The molecule has 138 valence electrons. The molecule has 6 aliphatic rings. The van der Waals surface area contributed by atoms with Gasteiger partial charge < -0.3 is 10.6 Å². The fraction of sp³-hybridized carbons (Fsp3) is 0.905. The third-order valence-corrected chi connectivity index (χ3v) is 8.76. The van der Waals surface area contributed by atoms with E-state index in [1.54, 1.807) is 0 Å². The molecule has 0 radical (unpaired) electrons. The van der Waals surface area contributed by atoms with Crippen molar-refractivity contribution in [1.29, 1.82) is 0 Å². The number of hydrogen-bond acceptors (Lipinski definition) is 2. The molecular weight excluding hydrogens is 328 g/mol.